The molecule has 108 valence electrons. The second kappa shape index (κ2) is 6.31. The van der Waals surface area contributed by atoms with Crippen LogP contribution in [0.15, 0.2) is 0 Å². The van der Waals surface area contributed by atoms with E-state index in [-0.39, 0.29) is 5.92 Å². The Morgan fingerprint density at radius 2 is 1.83 bits per heavy atom. The van der Waals surface area contributed by atoms with Gasteiger partial charge in [0.25, 0.3) is 5.92 Å². The van der Waals surface area contributed by atoms with Gasteiger partial charge in [0.1, 0.15) is 5.60 Å². The first-order chi connectivity index (χ1) is 7.97. The molecular formula is C12H24F2N2O2. The summed E-state index contributed by atoms with van der Waals surface area (Å²) in [6.45, 7) is 7.93. The van der Waals surface area contributed by atoms with E-state index < -0.39 is 36.6 Å². The average molecular weight is 266 g/mol. The maximum Gasteiger partial charge on any atom is 0.407 e. The summed E-state index contributed by atoms with van der Waals surface area (Å²) in [6, 6.07) is -0.668. The summed E-state index contributed by atoms with van der Waals surface area (Å²) in [6.07, 6.45) is -1.17. The zero-order valence-corrected chi connectivity index (χ0v) is 11.7. The highest BCUT2D eigenvalue weighted by Crippen LogP contribution is 2.22. The third-order valence-electron chi connectivity index (χ3n) is 2.32. The SMILES string of the molecule is CC(C)C(CC(F)(F)CN)NC(=O)OC(C)(C)C. The Hall–Kier alpha value is -0.910. The van der Waals surface area contributed by atoms with Crippen molar-refractivity contribution >= 4 is 6.09 Å². The normalized spacial score (nSPS) is 14.5. The van der Waals surface area contributed by atoms with Gasteiger partial charge in [0.2, 0.25) is 0 Å². The fraction of sp³-hybridized carbons (Fsp3) is 0.917. The summed E-state index contributed by atoms with van der Waals surface area (Å²) in [4.78, 5) is 11.5. The van der Waals surface area contributed by atoms with E-state index in [2.05, 4.69) is 5.32 Å². The summed E-state index contributed by atoms with van der Waals surface area (Å²) in [5.74, 6) is -3.11. The first-order valence-electron chi connectivity index (χ1n) is 6.04. The Morgan fingerprint density at radius 1 is 1.33 bits per heavy atom. The molecule has 1 amide bonds. The largest absolute Gasteiger partial charge is 0.444 e. The number of ether oxygens (including phenoxy) is 1. The maximum absolute atomic E-state index is 13.2. The Kier molecular flexibility index (Phi) is 5.99. The minimum absolute atomic E-state index is 0.130. The molecule has 0 saturated carbocycles. The number of hydrogen-bond acceptors (Lipinski definition) is 3. The first kappa shape index (κ1) is 17.1. The molecule has 0 saturated heterocycles. The van der Waals surface area contributed by atoms with Crippen LogP contribution in [0.3, 0.4) is 0 Å². The number of hydrogen-bond donors (Lipinski definition) is 2. The van der Waals surface area contributed by atoms with Gasteiger partial charge in [0.05, 0.1) is 6.54 Å². The van der Waals surface area contributed by atoms with Crippen LogP contribution in [0.4, 0.5) is 13.6 Å². The molecule has 0 aromatic carbocycles. The summed E-state index contributed by atoms with van der Waals surface area (Å²) in [5, 5.41) is 2.47. The Labute approximate surface area is 107 Å². The number of nitrogens with two attached hydrogens (primary N) is 1. The van der Waals surface area contributed by atoms with E-state index >= 15 is 0 Å². The smallest absolute Gasteiger partial charge is 0.407 e. The zero-order valence-electron chi connectivity index (χ0n) is 11.7. The summed E-state index contributed by atoms with van der Waals surface area (Å²) in [5.41, 5.74) is 4.34. The molecule has 6 heteroatoms. The quantitative estimate of drug-likeness (QED) is 0.803. The van der Waals surface area contributed by atoms with Gasteiger partial charge in [0, 0.05) is 12.5 Å². The van der Waals surface area contributed by atoms with Crippen molar-refractivity contribution in [1.29, 1.82) is 0 Å². The van der Waals surface area contributed by atoms with Crippen LogP contribution in [-0.4, -0.2) is 30.2 Å². The van der Waals surface area contributed by atoms with Crippen LogP contribution >= 0.6 is 0 Å². The van der Waals surface area contributed by atoms with Crippen molar-refractivity contribution in [2.75, 3.05) is 6.54 Å². The molecular weight excluding hydrogens is 242 g/mol. The van der Waals surface area contributed by atoms with Gasteiger partial charge in [-0.25, -0.2) is 13.6 Å². The fourth-order valence-corrected chi connectivity index (χ4v) is 1.32. The predicted molar refractivity (Wildman–Crippen MR) is 66.6 cm³/mol. The number of carbonyl (C=O) groups excluding carboxylic acids is 1. The first-order valence-corrected chi connectivity index (χ1v) is 6.04. The van der Waals surface area contributed by atoms with Crippen LogP contribution in [0.5, 0.6) is 0 Å². The number of alkyl halides is 2. The zero-order chi connectivity index (χ0) is 14.6. The van der Waals surface area contributed by atoms with E-state index in [9.17, 15) is 13.6 Å². The topological polar surface area (TPSA) is 64.3 Å². The van der Waals surface area contributed by atoms with Gasteiger partial charge >= 0.3 is 6.09 Å². The number of amides is 1. The molecule has 18 heavy (non-hydrogen) atoms. The van der Waals surface area contributed by atoms with Crippen LogP contribution in [0, 0.1) is 5.92 Å². The Balaban J connectivity index is 4.51. The van der Waals surface area contributed by atoms with Crippen molar-refractivity contribution in [3.63, 3.8) is 0 Å². The molecule has 0 spiro atoms. The van der Waals surface area contributed by atoms with Gasteiger partial charge in [-0.2, -0.15) is 0 Å². The summed E-state index contributed by atoms with van der Waals surface area (Å²) >= 11 is 0. The monoisotopic (exact) mass is 266 g/mol. The van der Waals surface area contributed by atoms with Gasteiger partial charge in [-0.3, -0.25) is 0 Å². The van der Waals surface area contributed by atoms with E-state index in [4.69, 9.17) is 10.5 Å². The van der Waals surface area contributed by atoms with Crippen molar-refractivity contribution in [2.24, 2.45) is 11.7 Å². The molecule has 4 nitrogen and oxygen atoms in total. The Morgan fingerprint density at radius 3 is 2.17 bits per heavy atom. The molecule has 0 aromatic heterocycles. The van der Waals surface area contributed by atoms with Crippen molar-refractivity contribution < 1.29 is 18.3 Å². The number of nitrogens with one attached hydrogen (secondary N) is 1. The van der Waals surface area contributed by atoms with Crippen LogP contribution in [0.25, 0.3) is 0 Å². The second-order valence-electron chi connectivity index (χ2n) is 5.76. The molecule has 0 bridgehead atoms. The molecule has 0 aliphatic rings. The maximum atomic E-state index is 13.2. The van der Waals surface area contributed by atoms with E-state index in [1.807, 2.05) is 0 Å². The second-order valence-corrected chi connectivity index (χ2v) is 5.76. The molecule has 3 N–H and O–H groups in total. The lowest BCUT2D eigenvalue weighted by Crippen LogP contribution is -2.46. The van der Waals surface area contributed by atoms with Crippen LogP contribution in [0.2, 0.25) is 0 Å². The summed E-state index contributed by atoms with van der Waals surface area (Å²) < 4.78 is 31.5. The molecule has 0 fully saturated rings. The van der Waals surface area contributed by atoms with Gasteiger partial charge in [-0.1, -0.05) is 13.8 Å². The van der Waals surface area contributed by atoms with E-state index in [1.54, 1.807) is 34.6 Å². The van der Waals surface area contributed by atoms with Gasteiger partial charge in [0.15, 0.2) is 0 Å². The molecule has 1 unspecified atom stereocenters. The predicted octanol–water partition coefficient (Wildman–Crippen LogP) is 2.52. The molecule has 0 rings (SSSR count). The van der Waals surface area contributed by atoms with Gasteiger partial charge < -0.3 is 15.8 Å². The fourth-order valence-electron chi connectivity index (χ4n) is 1.32. The highest BCUT2D eigenvalue weighted by atomic mass is 19.3. The molecule has 0 aliphatic carbocycles. The molecule has 0 heterocycles. The number of carbonyl (C=O) groups is 1. The van der Waals surface area contributed by atoms with Crippen LogP contribution in [-0.2, 0) is 4.74 Å². The van der Waals surface area contributed by atoms with Gasteiger partial charge in [-0.15, -0.1) is 0 Å². The third kappa shape index (κ3) is 7.42. The minimum Gasteiger partial charge on any atom is -0.444 e. The number of alkyl carbamates (subject to hydrolysis) is 1. The number of halogens is 2. The highest BCUT2D eigenvalue weighted by molar-refractivity contribution is 5.68. The lowest BCUT2D eigenvalue weighted by atomic mass is 9.97. The van der Waals surface area contributed by atoms with E-state index in [0.29, 0.717) is 0 Å². The lowest BCUT2D eigenvalue weighted by Gasteiger charge is -2.28. The number of rotatable bonds is 5. The molecule has 1 atom stereocenters. The van der Waals surface area contributed by atoms with Crippen LogP contribution < -0.4 is 11.1 Å². The third-order valence-corrected chi connectivity index (χ3v) is 2.32. The lowest BCUT2D eigenvalue weighted by molar-refractivity contribution is -0.0143. The van der Waals surface area contributed by atoms with Crippen LogP contribution in [0.1, 0.15) is 41.0 Å². The standard InChI is InChI=1S/C12H24F2N2O2/c1-8(2)9(6-12(13,14)7-15)16-10(17)18-11(3,4)5/h8-9H,6-7,15H2,1-5H3,(H,16,17). The average Bonchev–Trinajstić information content (AvgIpc) is 2.13. The highest BCUT2D eigenvalue weighted by Gasteiger charge is 2.33. The molecule has 0 radical (unpaired) electrons. The molecule has 0 aliphatic heterocycles. The summed E-state index contributed by atoms with van der Waals surface area (Å²) in [7, 11) is 0. The van der Waals surface area contributed by atoms with Crippen molar-refractivity contribution in [2.45, 2.75) is 58.6 Å². The van der Waals surface area contributed by atoms with E-state index in [1.165, 1.54) is 0 Å². The van der Waals surface area contributed by atoms with Crippen molar-refractivity contribution in [3.05, 3.63) is 0 Å². The minimum atomic E-state index is -2.98. The molecule has 0 aromatic rings. The Bertz CT molecular complexity index is 276. The van der Waals surface area contributed by atoms with Crippen molar-refractivity contribution in [3.8, 4) is 0 Å². The van der Waals surface area contributed by atoms with Gasteiger partial charge in [-0.05, 0) is 26.7 Å². The van der Waals surface area contributed by atoms with E-state index in [0.717, 1.165) is 0 Å². The van der Waals surface area contributed by atoms with Crippen molar-refractivity contribution in [1.82, 2.24) is 5.32 Å².